The third-order valence-electron chi connectivity index (χ3n) is 12.2. The van der Waals surface area contributed by atoms with Crippen molar-refractivity contribution in [3.63, 3.8) is 0 Å². The molecule has 0 fully saturated rings. The third kappa shape index (κ3) is 4.96. The Morgan fingerprint density at radius 2 is 0.850 bits per heavy atom. The van der Waals surface area contributed by atoms with Gasteiger partial charge < -0.3 is 8.98 Å². The minimum Gasteiger partial charge on any atom is -0.456 e. The molecular weight excluding hydrogens is 733 g/mol. The second kappa shape index (κ2) is 12.7. The molecule has 0 spiro atoms. The van der Waals surface area contributed by atoms with E-state index in [-0.39, 0.29) is 0 Å². The molecule has 0 saturated heterocycles. The topological polar surface area (TPSA) is 56.7 Å². The molecule has 0 N–H and O–H groups in total. The minimum absolute atomic E-state index is 0.588. The zero-order valence-electron chi connectivity index (χ0n) is 32.2. The number of furan rings is 1. The molecule has 0 atom stereocenters. The monoisotopic (exact) mass is 764 g/mol. The molecule has 13 aromatic rings. The summed E-state index contributed by atoms with van der Waals surface area (Å²) >= 11 is 0. The van der Waals surface area contributed by atoms with Gasteiger partial charge in [-0.25, -0.2) is 15.0 Å². The number of hydrogen-bond acceptors (Lipinski definition) is 4. The summed E-state index contributed by atoms with van der Waals surface area (Å²) in [6, 6.07) is 68.7. The second-order valence-corrected chi connectivity index (χ2v) is 15.6. The number of fused-ring (bicyclic) bond motifs is 12. The van der Waals surface area contributed by atoms with Gasteiger partial charge >= 0.3 is 0 Å². The van der Waals surface area contributed by atoms with E-state index in [1.165, 1.54) is 43.1 Å². The van der Waals surface area contributed by atoms with E-state index in [0.717, 1.165) is 66.1 Å². The lowest BCUT2D eigenvalue weighted by atomic mass is 10.00. The van der Waals surface area contributed by atoms with Crippen LogP contribution in [0.5, 0.6) is 0 Å². The molecule has 3 aromatic heterocycles. The molecule has 0 bridgehead atoms. The van der Waals surface area contributed by atoms with Gasteiger partial charge in [-0.05, 0) is 91.6 Å². The van der Waals surface area contributed by atoms with Gasteiger partial charge in [0.15, 0.2) is 17.5 Å². The van der Waals surface area contributed by atoms with Crippen LogP contribution in [0, 0.1) is 0 Å². The number of nitrogens with zero attached hydrogens (tertiary/aromatic N) is 4. The van der Waals surface area contributed by atoms with E-state index in [9.17, 15) is 0 Å². The Kier molecular flexibility index (Phi) is 6.95. The highest BCUT2D eigenvalue weighted by Gasteiger charge is 2.21. The smallest absolute Gasteiger partial charge is 0.164 e. The lowest BCUT2D eigenvalue weighted by Crippen LogP contribution is -2.00. The van der Waals surface area contributed by atoms with Crippen LogP contribution in [0.15, 0.2) is 199 Å². The van der Waals surface area contributed by atoms with E-state index >= 15 is 0 Å². The van der Waals surface area contributed by atoms with Gasteiger partial charge in [0.25, 0.3) is 0 Å². The van der Waals surface area contributed by atoms with Crippen molar-refractivity contribution in [2.45, 2.75) is 0 Å². The van der Waals surface area contributed by atoms with E-state index in [4.69, 9.17) is 19.4 Å². The first-order chi connectivity index (χ1) is 29.7. The summed E-state index contributed by atoms with van der Waals surface area (Å²) in [6.07, 6.45) is 0. The number of benzene rings is 10. The predicted molar refractivity (Wildman–Crippen MR) is 248 cm³/mol. The van der Waals surface area contributed by atoms with Crippen molar-refractivity contribution in [3.8, 4) is 39.9 Å². The summed E-state index contributed by atoms with van der Waals surface area (Å²) in [4.78, 5) is 15.6. The van der Waals surface area contributed by atoms with Gasteiger partial charge in [-0.1, -0.05) is 146 Å². The lowest BCUT2D eigenvalue weighted by Gasteiger charge is -2.11. The van der Waals surface area contributed by atoms with Crippen molar-refractivity contribution in [1.29, 1.82) is 0 Å². The van der Waals surface area contributed by atoms with Crippen LogP contribution < -0.4 is 0 Å². The largest absolute Gasteiger partial charge is 0.456 e. The molecule has 0 unspecified atom stereocenters. The normalized spacial score (nSPS) is 12.0. The SMILES string of the molecule is c1ccc2cc(-c3nc(-c4ccc5ccccc5c4)nc(-c4cccc5oc6ccc(-n7c8ccc9ccccc9c8c8c9ccccc9ccc87)cc6c45)n3)ccc2c1. The maximum Gasteiger partial charge on any atom is 0.164 e. The van der Waals surface area contributed by atoms with Crippen LogP contribution in [0.1, 0.15) is 0 Å². The molecule has 10 aromatic carbocycles. The van der Waals surface area contributed by atoms with Crippen LogP contribution >= 0.6 is 0 Å². The Morgan fingerprint density at radius 3 is 1.45 bits per heavy atom. The molecule has 0 saturated carbocycles. The second-order valence-electron chi connectivity index (χ2n) is 15.6. The van der Waals surface area contributed by atoms with Crippen LogP contribution in [0.25, 0.3) is 127 Å². The Hall–Kier alpha value is -8.15. The van der Waals surface area contributed by atoms with Crippen LogP contribution in [-0.2, 0) is 0 Å². The van der Waals surface area contributed by atoms with Crippen molar-refractivity contribution in [2.75, 3.05) is 0 Å². The first-order valence-corrected chi connectivity index (χ1v) is 20.3. The maximum atomic E-state index is 6.62. The average Bonchev–Trinajstić information content (AvgIpc) is 3.87. The van der Waals surface area contributed by atoms with Gasteiger partial charge in [0.05, 0.1) is 11.0 Å². The predicted octanol–water partition coefficient (Wildman–Crippen LogP) is 14.5. The molecule has 5 nitrogen and oxygen atoms in total. The molecule has 3 heterocycles. The van der Waals surface area contributed by atoms with Crippen LogP contribution in [0.4, 0.5) is 0 Å². The van der Waals surface area contributed by atoms with E-state index in [1.807, 2.05) is 12.1 Å². The highest BCUT2D eigenvalue weighted by molar-refractivity contribution is 6.28. The first-order valence-electron chi connectivity index (χ1n) is 20.3. The summed E-state index contributed by atoms with van der Waals surface area (Å²) in [5.41, 5.74) is 7.68. The van der Waals surface area contributed by atoms with Gasteiger partial charge in [0.1, 0.15) is 11.2 Å². The Labute approximate surface area is 343 Å². The summed E-state index contributed by atoms with van der Waals surface area (Å²) < 4.78 is 9.03. The minimum atomic E-state index is 0.588. The Balaban J connectivity index is 1.06. The number of hydrogen-bond donors (Lipinski definition) is 0. The number of aromatic nitrogens is 4. The van der Waals surface area contributed by atoms with E-state index in [1.54, 1.807) is 0 Å². The molecule has 13 rings (SSSR count). The molecular formula is C55H32N4O. The summed E-state index contributed by atoms with van der Waals surface area (Å²) in [5.74, 6) is 1.82. The lowest BCUT2D eigenvalue weighted by molar-refractivity contribution is 0.669. The summed E-state index contributed by atoms with van der Waals surface area (Å²) in [7, 11) is 0. The van der Waals surface area contributed by atoms with Gasteiger partial charge in [-0.15, -0.1) is 0 Å². The fraction of sp³-hybridized carbons (Fsp3) is 0. The van der Waals surface area contributed by atoms with Gasteiger partial charge in [-0.2, -0.15) is 0 Å². The summed E-state index contributed by atoms with van der Waals surface area (Å²) in [6.45, 7) is 0. The molecule has 0 radical (unpaired) electrons. The fourth-order valence-electron chi connectivity index (χ4n) is 9.38. The van der Waals surface area contributed by atoms with Crippen LogP contribution in [-0.4, -0.2) is 19.5 Å². The van der Waals surface area contributed by atoms with E-state index < -0.39 is 0 Å². The van der Waals surface area contributed by atoms with Gasteiger partial charge in [-0.3, -0.25) is 0 Å². The Morgan fingerprint density at radius 1 is 0.333 bits per heavy atom. The fourth-order valence-corrected chi connectivity index (χ4v) is 9.38. The van der Waals surface area contributed by atoms with Crippen molar-refractivity contribution >= 4 is 86.8 Å². The highest BCUT2D eigenvalue weighted by atomic mass is 16.3. The molecule has 0 amide bonds. The Bertz CT molecular complexity index is 3720. The molecule has 278 valence electrons. The highest BCUT2D eigenvalue weighted by Crippen LogP contribution is 2.43. The molecule has 5 heteroatoms. The van der Waals surface area contributed by atoms with E-state index in [2.05, 4.69) is 187 Å². The molecule has 0 aliphatic rings. The summed E-state index contributed by atoms with van der Waals surface area (Å²) in [5, 5.41) is 14.0. The molecule has 0 aliphatic carbocycles. The third-order valence-corrected chi connectivity index (χ3v) is 12.2. The van der Waals surface area contributed by atoms with Crippen molar-refractivity contribution in [2.24, 2.45) is 0 Å². The van der Waals surface area contributed by atoms with Gasteiger partial charge in [0.2, 0.25) is 0 Å². The van der Waals surface area contributed by atoms with E-state index in [0.29, 0.717) is 17.5 Å². The van der Waals surface area contributed by atoms with Crippen molar-refractivity contribution < 1.29 is 4.42 Å². The quantitative estimate of drug-likeness (QED) is 0.179. The zero-order valence-corrected chi connectivity index (χ0v) is 32.2. The first kappa shape index (κ1) is 32.9. The maximum absolute atomic E-state index is 6.62. The van der Waals surface area contributed by atoms with Crippen molar-refractivity contribution in [3.05, 3.63) is 194 Å². The number of rotatable bonds is 4. The molecule has 60 heavy (non-hydrogen) atoms. The average molecular weight is 765 g/mol. The molecule has 0 aliphatic heterocycles. The van der Waals surface area contributed by atoms with Gasteiger partial charge in [0, 0.05) is 43.9 Å². The van der Waals surface area contributed by atoms with Crippen LogP contribution in [0.3, 0.4) is 0 Å². The zero-order chi connectivity index (χ0) is 39.3. The van der Waals surface area contributed by atoms with Crippen molar-refractivity contribution in [1.82, 2.24) is 19.5 Å². The standard InChI is InChI=1S/C55H32N4O/c1-3-14-37-30-39(22-20-33(37)10-1)53-56-54(40-23-21-34-11-2-4-15-38(34)31-40)58-55(57-53)44-18-9-19-49-50(44)45-32-41(26-29-48(45)60-49)59-46-27-24-35-12-5-7-16-42(35)51(46)52-43-17-8-6-13-36(43)25-28-47(52)59/h1-32H. The van der Waals surface area contributed by atoms with Crippen LogP contribution in [0.2, 0.25) is 0 Å².